The molecule has 0 radical (unpaired) electrons. The molecule has 2 fully saturated rings. The van der Waals surface area contributed by atoms with Crippen LogP contribution in [0, 0.1) is 11.3 Å². The van der Waals surface area contributed by atoms with E-state index in [9.17, 15) is 4.39 Å². The molecule has 13 heavy (non-hydrogen) atoms. The van der Waals surface area contributed by atoms with E-state index in [2.05, 4.69) is 26.1 Å². The molecule has 2 bridgehead atoms. The van der Waals surface area contributed by atoms with Gasteiger partial charge in [-0.25, -0.2) is 4.39 Å². The van der Waals surface area contributed by atoms with Gasteiger partial charge in [-0.2, -0.15) is 0 Å². The van der Waals surface area contributed by atoms with Gasteiger partial charge in [0.15, 0.2) is 0 Å². The third-order valence-electron chi connectivity index (χ3n) is 3.61. The summed E-state index contributed by atoms with van der Waals surface area (Å²) in [5.74, 6) is 0.214. The van der Waals surface area contributed by atoms with E-state index in [1.807, 2.05) is 0 Å². The van der Waals surface area contributed by atoms with Crippen molar-refractivity contribution in [2.75, 3.05) is 0 Å². The van der Waals surface area contributed by atoms with Crippen LogP contribution in [0.1, 0.15) is 40.0 Å². The van der Waals surface area contributed by atoms with E-state index in [1.54, 1.807) is 0 Å². The molecule has 2 saturated heterocycles. The molecule has 0 spiro atoms. The summed E-state index contributed by atoms with van der Waals surface area (Å²) in [6, 6.07) is 0.910. The molecule has 2 aliphatic rings. The van der Waals surface area contributed by atoms with Crippen LogP contribution in [-0.4, -0.2) is 18.3 Å². The Morgan fingerprint density at radius 1 is 1.23 bits per heavy atom. The SMILES string of the molecule is CC(C)(C)C1C(F)CC2CCC1N2. The maximum atomic E-state index is 13.8. The molecule has 2 heterocycles. The van der Waals surface area contributed by atoms with Crippen molar-refractivity contribution in [2.24, 2.45) is 11.3 Å². The van der Waals surface area contributed by atoms with Crippen molar-refractivity contribution in [3.8, 4) is 0 Å². The lowest BCUT2D eigenvalue weighted by Crippen LogP contribution is -2.51. The van der Waals surface area contributed by atoms with Crippen LogP contribution < -0.4 is 5.32 Å². The van der Waals surface area contributed by atoms with Gasteiger partial charge in [-0.05, 0) is 24.7 Å². The number of piperidine rings is 1. The van der Waals surface area contributed by atoms with Crippen LogP contribution >= 0.6 is 0 Å². The van der Waals surface area contributed by atoms with Gasteiger partial charge in [-0.1, -0.05) is 20.8 Å². The van der Waals surface area contributed by atoms with Crippen molar-refractivity contribution in [3.05, 3.63) is 0 Å². The molecule has 0 aromatic carbocycles. The number of hydrogen-bond acceptors (Lipinski definition) is 1. The van der Waals surface area contributed by atoms with E-state index in [4.69, 9.17) is 0 Å². The normalized spacial score (nSPS) is 45.2. The second-order valence-electron chi connectivity index (χ2n) is 5.69. The van der Waals surface area contributed by atoms with Gasteiger partial charge in [0, 0.05) is 18.0 Å². The van der Waals surface area contributed by atoms with Crippen molar-refractivity contribution in [1.29, 1.82) is 0 Å². The summed E-state index contributed by atoms with van der Waals surface area (Å²) in [5.41, 5.74) is 0.104. The van der Waals surface area contributed by atoms with E-state index in [1.165, 1.54) is 12.8 Å². The summed E-state index contributed by atoms with van der Waals surface area (Å²) in [6.07, 6.45) is 2.50. The third-order valence-corrected chi connectivity index (χ3v) is 3.61. The molecule has 0 saturated carbocycles. The van der Waals surface area contributed by atoms with E-state index >= 15 is 0 Å². The number of nitrogens with one attached hydrogen (secondary N) is 1. The molecule has 4 unspecified atom stereocenters. The first-order valence-electron chi connectivity index (χ1n) is 5.38. The highest BCUT2D eigenvalue weighted by Gasteiger charge is 2.46. The van der Waals surface area contributed by atoms with Gasteiger partial charge in [0.2, 0.25) is 0 Å². The highest BCUT2D eigenvalue weighted by Crippen LogP contribution is 2.42. The fourth-order valence-electron chi connectivity index (χ4n) is 3.14. The predicted octanol–water partition coefficient (Wildman–Crippen LogP) is 2.51. The van der Waals surface area contributed by atoms with Gasteiger partial charge in [0.25, 0.3) is 0 Å². The number of halogens is 1. The van der Waals surface area contributed by atoms with Crippen LogP contribution in [0.15, 0.2) is 0 Å². The van der Waals surface area contributed by atoms with Crippen molar-refractivity contribution in [3.63, 3.8) is 0 Å². The van der Waals surface area contributed by atoms with Gasteiger partial charge in [0.1, 0.15) is 6.17 Å². The van der Waals surface area contributed by atoms with Gasteiger partial charge < -0.3 is 5.32 Å². The van der Waals surface area contributed by atoms with Crippen molar-refractivity contribution >= 4 is 0 Å². The van der Waals surface area contributed by atoms with Crippen molar-refractivity contribution < 1.29 is 4.39 Å². The van der Waals surface area contributed by atoms with Crippen LogP contribution in [-0.2, 0) is 0 Å². The number of hydrogen-bond donors (Lipinski definition) is 1. The largest absolute Gasteiger partial charge is 0.311 e. The Labute approximate surface area is 80.1 Å². The smallest absolute Gasteiger partial charge is 0.106 e. The van der Waals surface area contributed by atoms with E-state index < -0.39 is 6.17 Å². The van der Waals surface area contributed by atoms with Crippen molar-refractivity contribution in [2.45, 2.75) is 58.3 Å². The molecular formula is C11H20FN. The second kappa shape index (κ2) is 2.94. The van der Waals surface area contributed by atoms with Crippen LogP contribution in [0.4, 0.5) is 4.39 Å². The lowest BCUT2D eigenvalue weighted by molar-refractivity contribution is 0.0513. The number of alkyl halides is 1. The molecule has 2 rings (SSSR count). The quantitative estimate of drug-likeness (QED) is 0.611. The Hall–Kier alpha value is -0.110. The monoisotopic (exact) mass is 185 g/mol. The van der Waals surface area contributed by atoms with E-state index in [-0.39, 0.29) is 11.3 Å². The summed E-state index contributed by atoms with van der Waals surface area (Å²) in [5, 5.41) is 3.54. The zero-order valence-electron chi connectivity index (χ0n) is 8.81. The molecule has 0 amide bonds. The minimum atomic E-state index is -0.584. The Balaban J connectivity index is 2.16. The molecule has 4 atom stereocenters. The maximum Gasteiger partial charge on any atom is 0.106 e. The molecular weight excluding hydrogens is 165 g/mol. The minimum Gasteiger partial charge on any atom is -0.311 e. The Morgan fingerprint density at radius 2 is 1.92 bits per heavy atom. The number of fused-ring (bicyclic) bond motifs is 2. The molecule has 76 valence electrons. The molecule has 0 aromatic heterocycles. The maximum absolute atomic E-state index is 13.8. The summed E-state index contributed by atoms with van der Waals surface area (Å²) in [4.78, 5) is 0. The Morgan fingerprint density at radius 3 is 2.54 bits per heavy atom. The summed E-state index contributed by atoms with van der Waals surface area (Å²) in [6.45, 7) is 6.47. The first kappa shape index (κ1) is 9.45. The van der Waals surface area contributed by atoms with Gasteiger partial charge in [-0.15, -0.1) is 0 Å². The Kier molecular flexibility index (Phi) is 2.14. The zero-order valence-corrected chi connectivity index (χ0v) is 8.81. The van der Waals surface area contributed by atoms with E-state index in [0.717, 1.165) is 6.42 Å². The summed E-state index contributed by atoms with van der Waals surface area (Å²) in [7, 11) is 0. The molecule has 2 aliphatic heterocycles. The number of rotatable bonds is 0. The lowest BCUT2D eigenvalue weighted by atomic mass is 9.72. The van der Waals surface area contributed by atoms with Crippen LogP contribution in [0.5, 0.6) is 0 Å². The lowest BCUT2D eigenvalue weighted by Gasteiger charge is -2.41. The average molecular weight is 185 g/mol. The first-order valence-corrected chi connectivity index (χ1v) is 5.38. The fourth-order valence-corrected chi connectivity index (χ4v) is 3.14. The highest BCUT2D eigenvalue weighted by molar-refractivity contribution is 5.01. The molecule has 2 heteroatoms. The molecule has 0 aliphatic carbocycles. The standard InChI is InChI=1S/C11H20FN/c1-11(2,3)10-8(12)6-7-4-5-9(10)13-7/h7-10,13H,4-6H2,1-3H3. The van der Waals surface area contributed by atoms with Crippen LogP contribution in [0.3, 0.4) is 0 Å². The van der Waals surface area contributed by atoms with Crippen LogP contribution in [0.25, 0.3) is 0 Å². The topological polar surface area (TPSA) is 12.0 Å². The second-order valence-corrected chi connectivity index (χ2v) is 5.69. The fraction of sp³-hybridized carbons (Fsp3) is 1.00. The Bertz CT molecular complexity index is 197. The van der Waals surface area contributed by atoms with Gasteiger partial charge in [0.05, 0.1) is 0 Å². The summed E-state index contributed by atoms with van der Waals surface area (Å²) < 4.78 is 13.8. The molecule has 1 nitrogen and oxygen atoms in total. The molecule has 1 N–H and O–H groups in total. The van der Waals surface area contributed by atoms with Gasteiger partial charge in [-0.3, -0.25) is 0 Å². The van der Waals surface area contributed by atoms with Crippen LogP contribution in [0.2, 0.25) is 0 Å². The third kappa shape index (κ3) is 1.61. The van der Waals surface area contributed by atoms with Crippen molar-refractivity contribution in [1.82, 2.24) is 5.32 Å². The minimum absolute atomic E-state index is 0.104. The average Bonchev–Trinajstić information content (AvgIpc) is 2.28. The van der Waals surface area contributed by atoms with Gasteiger partial charge >= 0.3 is 0 Å². The highest BCUT2D eigenvalue weighted by atomic mass is 19.1. The first-order chi connectivity index (χ1) is 5.98. The molecule has 0 aromatic rings. The summed E-state index contributed by atoms with van der Waals surface area (Å²) >= 11 is 0. The van der Waals surface area contributed by atoms with E-state index in [0.29, 0.717) is 12.1 Å². The predicted molar refractivity (Wildman–Crippen MR) is 52.4 cm³/mol. The zero-order chi connectivity index (χ0) is 9.64.